The Balaban J connectivity index is 2.09. The third kappa shape index (κ3) is 2.61. The number of anilines is 2. The van der Waals surface area contributed by atoms with E-state index in [0.29, 0.717) is 12.0 Å². The maximum absolute atomic E-state index is 6.19. The van der Waals surface area contributed by atoms with Gasteiger partial charge in [0.2, 0.25) is 0 Å². The van der Waals surface area contributed by atoms with Crippen LogP contribution in [0.1, 0.15) is 38.3 Å². The lowest BCUT2D eigenvalue weighted by molar-refractivity contribution is 0.263. The molecule has 1 aromatic heterocycles. The summed E-state index contributed by atoms with van der Waals surface area (Å²) in [6, 6.07) is 0.513. The largest absolute Gasteiger partial charge is 0.394 e. The van der Waals surface area contributed by atoms with Crippen molar-refractivity contribution >= 4 is 11.5 Å². The molecule has 1 saturated heterocycles. The molecule has 1 aromatic rings. The Morgan fingerprint density at radius 2 is 1.89 bits per heavy atom. The van der Waals surface area contributed by atoms with Gasteiger partial charge < -0.3 is 16.0 Å². The molecule has 3 N–H and O–H groups in total. The molecule has 1 aliphatic heterocycles. The van der Waals surface area contributed by atoms with E-state index in [1.54, 1.807) is 0 Å². The molecule has 0 unspecified atom stereocenters. The number of rotatable bonds is 3. The van der Waals surface area contributed by atoms with Crippen molar-refractivity contribution in [2.75, 3.05) is 31.2 Å². The van der Waals surface area contributed by atoms with Gasteiger partial charge in [-0.25, -0.2) is 0 Å². The highest BCUT2D eigenvalue weighted by Crippen LogP contribution is 2.29. The number of likely N-dealkylation sites (tertiary alicyclic amines) is 1. The van der Waals surface area contributed by atoms with Crippen LogP contribution in [0.3, 0.4) is 0 Å². The zero-order valence-corrected chi connectivity index (χ0v) is 11.9. The third-order valence-electron chi connectivity index (χ3n) is 3.72. The summed E-state index contributed by atoms with van der Waals surface area (Å²) in [5.74, 6) is 1.34. The van der Waals surface area contributed by atoms with Gasteiger partial charge in [-0.05, 0) is 38.9 Å². The van der Waals surface area contributed by atoms with E-state index in [-0.39, 0.29) is 0 Å². The summed E-state index contributed by atoms with van der Waals surface area (Å²) < 4.78 is 1.88. The second kappa shape index (κ2) is 5.18. The fourth-order valence-electron chi connectivity index (χ4n) is 2.51. The van der Waals surface area contributed by atoms with Gasteiger partial charge in [0.15, 0.2) is 0 Å². The number of piperidine rings is 1. The molecule has 0 aromatic carbocycles. The van der Waals surface area contributed by atoms with Crippen LogP contribution in [0.2, 0.25) is 0 Å². The molecule has 102 valence electrons. The van der Waals surface area contributed by atoms with Gasteiger partial charge in [-0.15, -0.1) is 0 Å². The summed E-state index contributed by atoms with van der Waals surface area (Å²) in [6.07, 6.45) is 2.33. The molecular weight excluding hydrogens is 226 g/mol. The van der Waals surface area contributed by atoms with Gasteiger partial charge in [-0.2, -0.15) is 5.10 Å². The second-order valence-corrected chi connectivity index (χ2v) is 5.65. The van der Waals surface area contributed by atoms with E-state index in [2.05, 4.69) is 36.2 Å². The van der Waals surface area contributed by atoms with Crippen molar-refractivity contribution in [3.8, 4) is 0 Å². The van der Waals surface area contributed by atoms with Crippen molar-refractivity contribution < 1.29 is 0 Å². The van der Waals surface area contributed by atoms with Crippen LogP contribution in [0.25, 0.3) is 0 Å². The lowest BCUT2D eigenvalue weighted by Crippen LogP contribution is -2.37. The Morgan fingerprint density at radius 1 is 1.28 bits per heavy atom. The fraction of sp³-hybridized carbons (Fsp3) is 0.769. The summed E-state index contributed by atoms with van der Waals surface area (Å²) in [4.78, 5) is 2.37. The fourth-order valence-corrected chi connectivity index (χ4v) is 2.51. The molecule has 5 nitrogen and oxygen atoms in total. The predicted molar refractivity (Wildman–Crippen MR) is 75.9 cm³/mol. The molecule has 1 fully saturated rings. The molecule has 18 heavy (non-hydrogen) atoms. The van der Waals surface area contributed by atoms with Crippen molar-refractivity contribution in [2.45, 2.75) is 38.6 Å². The first kappa shape index (κ1) is 13.2. The van der Waals surface area contributed by atoms with Crippen LogP contribution in [0.4, 0.5) is 11.5 Å². The van der Waals surface area contributed by atoms with Gasteiger partial charge in [-0.3, -0.25) is 4.68 Å². The Bertz CT molecular complexity index is 402. The van der Waals surface area contributed by atoms with E-state index in [0.717, 1.165) is 43.1 Å². The SMILES string of the molecule is CC(C)c1nn(C)c(NC2CCN(C)CC2)c1N. The minimum Gasteiger partial charge on any atom is -0.394 e. The molecule has 0 radical (unpaired) electrons. The molecule has 1 aliphatic rings. The van der Waals surface area contributed by atoms with Crippen LogP contribution in [0.15, 0.2) is 0 Å². The number of nitrogens with zero attached hydrogens (tertiary/aromatic N) is 3. The maximum atomic E-state index is 6.19. The highest BCUT2D eigenvalue weighted by atomic mass is 15.3. The van der Waals surface area contributed by atoms with Crippen LogP contribution < -0.4 is 11.1 Å². The average molecular weight is 251 g/mol. The Labute approximate surface area is 109 Å². The zero-order chi connectivity index (χ0) is 13.3. The number of nitrogens with one attached hydrogen (secondary N) is 1. The monoisotopic (exact) mass is 251 g/mol. The summed E-state index contributed by atoms with van der Waals surface area (Å²) in [7, 11) is 4.13. The van der Waals surface area contributed by atoms with E-state index < -0.39 is 0 Å². The number of hydrogen-bond donors (Lipinski definition) is 2. The van der Waals surface area contributed by atoms with Crippen molar-refractivity contribution in [1.29, 1.82) is 0 Å². The third-order valence-corrected chi connectivity index (χ3v) is 3.72. The van der Waals surface area contributed by atoms with Gasteiger partial charge in [0.25, 0.3) is 0 Å². The molecule has 2 heterocycles. The molecule has 0 aliphatic carbocycles. The number of nitrogens with two attached hydrogens (primary N) is 1. The highest BCUT2D eigenvalue weighted by molar-refractivity contribution is 5.66. The molecule has 0 spiro atoms. The highest BCUT2D eigenvalue weighted by Gasteiger charge is 2.21. The van der Waals surface area contributed by atoms with Crippen molar-refractivity contribution in [2.24, 2.45) is 7.05 Å². The van der Waals surface area contributed by atoms with E-state index in [4.69, 9.17) is 5.73 Å². The van der Waals surface area contributed by atoms with Crippen LogP contribution in [-0.4, -0.2) is 40.9 Å². The van der Waals surface area contributed by atoms with E-state index >= 15 is 0 Å². The Hall–Kier alpha value is -1.23. The molecule has 0 amide bonds. The first-order valence-corrected chi connectivity index (χ1v) is 6.76. The topological polar surface area (TPSA) is 59.1 Å². The van der Waals surface area contributed by atoms with Crippen molar-refractivity contribution in [1.82, 2.24) is 14.7 Å². The predicted octanol–water partition coefficient (Wildman–Crippen LogP) is 1.63. The van der Waals surface area contributed by atoms with E-state index in [9.17, 15) is 0 Å². The molecule has 5 heteroatoms. The summed E-state index contributed by atoms with van der Waals surface area (Å²) in [6.45, 7) is 6.54. The second-order valence-electron chi connectivity index (χ2n) is 5.65. The van der Waals surface area contributed by atoms with E-state index in [1.165, 1.54) is 0 Å². The van der Waals surface area contributed by atoms with Gasteiger partial charge in [0, 0.05) is 13.1 Å². The summed E-state index contributed by atoms with van der Waals surface area (Å²) in [5.41, 5.74) is 8.00. The number of aromatic nitrogens is 2. The van der Waals surface area contributed by atoms with Gasteiger partial charge in [-0.1, -0.05) is 13.8 Å². The average Bonchev–Trinajstić information content (AvgIpc) is 2.60. The number of nitrogen functional groups attached to an aromatic ring is 1. The normalized spacial score (nSPS) is 18.5. The van der Waals surface area contributed by atoms with E-state index in [1.807, 2.05) is 11.7 Å². The van der Waals surface area contributed by atoms with Crippen molar-refractivity contribution in [3.63, 3.8) is 0 Å². The molecule has 0 atom stereocenters. The quantitative estimate of drug-likeness (QED) is 0.857. The maximum Gasteiger partial charge on any atom is 0.148 e. The van der Waals surface area contributed by atoms with Crippen molar-refractivity contribution in [3.05, 3.63) is 5.69 Å². The minimum atomic E-state index is 0.365. The number of hydrogen-bond acceptors (Lipinski definition) is 4. The molecule has 0 bridgehead atoms. The lowest BCUT2D eigenvalue weighted by Gasteiger charge is -2.30. The molecule has 0 saturated carbocycles. The Kier molecular flexibility index (Phi) is 3.80. The molecular formula is C13H25N5. The van der Waals surface area contributed by atoms with Crippen LogP contribution in [0.5, 0.6) is 0 Å². The standard InChI is InChI=1S/C13H25N5/c1-9(2)12-11(14)13(18(4)16-12)15-10-5-7-17(3)8-6-10/h9-10,15H,5-8,14H2,1-4H3. The number of aryl methyl sites for hydroxylation is 1. The first-order chi connectivity index (χ1) is 8.49. The van der Waals surface area contributed by atoms with Crippen LogP contribution in [-0.2, 0) is 7.05 Å². The summed E-state index contributed by atoms with van der Waals surface area (Å²) in [5, 5.41) is 8.07. The first-order valence-electron chi connectivity index (χ1n) is 6.76. The van der Waals surface area contributed by atoms with Gasteiger partial charge in [0.1, 0.15) is 5.82 Å². The smallest absolute Gasteiger partial charge is 0.148 e. The van der Waals surface area contributed by atoms with Gasteiger partial charge >= 0.3 is 0 Å². The zero-order valence-electron chi connectivity index (χ0n) is 11.9. The lowest BCUT2D eigenvalue weighted by atomic mass is 10.1. The van der Waals surface area contributed by atoms with Crippen LogP contribution in [0, 0.1) is 0 Å². The van der Waals surface area contributed by atoms with Gasteiger partial charge in [0.05, 0.1) is 11.4 Å². The summed E-state index contributed by atoms with van der Waals surface area (Å²) >= 11 is 0. The Morgan fingerprint density at radius 3 is 2.39 bits per heavy atom. The van der Waals surface area contributed by atoms with Crippen LogP contribution >= 0.6 is 0 Å². The minimum absolute atomic E-state index is 0.365. The molecule has 2 rings (SSSR count).